The number of phenols is 2. The second-order valence-corrected chi connectivity index (χ2v) is 7.15. The van der Waals surface area contributed by atoms with E-state index in [0.717, 1.165) is 36.0 Å². The summed E-state index contributed by atoms with van der Waals surface area (Å²) in [7, 11) is 0. The fraction of sp³-hybridized carbons (Fsp3) is 0.364. The molecule has 0 saturated carbocycles. The Morgan fingerprint density at radius 1 is 0.714 bits per heavy atom. The van der Waals surface area contributed by atoms with Gasteiger partial charge >= 0.3 is 0 Å². The maximum atomic E-state index is 10.1. The van der Waals surface area contributed by atoms with Crippen LogP contribution in [-0.2, 0) is 26.4 Å². The van der Waals surface area contributed by atoms with Crippen LogP contribution < -0.4 is 0 Å². The first-order valence-corrected chi connectivity index (χ1v) is 9.36. The number of hydrogen-bond acceptors (Lipinski definition) is 6. The summed E-state index contributed by atoms with van der Waals surface area (Å²) in [6.45, 7) is -1.26. The Labute approximate surface area is 163 Å². The molecule has 0 spiro atoms. The smallest absolute Gasteiger partial charge is 0.126 e. The summed E-state index contributed by atoms with van der Waals surface area (Å²) in [4.78, 5) is 0. The maximum Gasteiger partial charge on any atom is 0.126 e. The number of allylic oxidation sites excluding steroid dienone is 2. The van der Waals surface area contributed by atoms with Gasteiger partial charge in [0.2, 0.25) is 0 Å². The number of benzene rings is 2. The van der Waals surface area contributed by atoms with Crippen LogP contribution in [-0.4, -0.2) is 30.6 Å². The van der Waals surface area contributed by atoms with Crippen LogP contribution in [0.3, 0.4) is 0 Å². The van der Waals surface area contributed by atoms with Gasteiger partial charge in [0.05, 0.1) is 26.4 Å². The molecule has 2 aromatic carbocycles. The van der Waals surface area contributed by atoms with Gasteiger partial charge in [0.15, 0.2) is 0 Å². The van der Waals surface area contributed by atoms with E-state index >= 15 is 0 Å². The van der Waals surface area contributed by atoms with Crippen molar-refractivity contribution >= 4 is 5.57 Å². The fourth-order valence-electron chi connectivity index (χ4n) is 3.85. The molecule has 0 saturated heterocycles. The van der Waals surface area contributed by atoms with Gasteiger partial charge in [-0.25, -0.2) is 0 Å². The molecule has 0 amide bonds. The molecule has 0 radical (unpaired) electrons. The largest absolute Gasteiger partial charge is 0.507 e. The van der Waals surface area contributed by atoms with Gasteiger partial charge in [0, 0.05) is 28.2 Å². The molecule has 0 aromatic heterocycles. The number of aliphatic hydroxyl groups excluding tert-OH is 4. The van der Waals surface area contributed by atoms with E-state index in [0.29, 0.717) is 22.3 Å². The zero-order valence-electron chi connectivity index (χ0n) is 15.6. The Kier molecular flexibility index (Phi) is 6.36. The molecule has 0 aliphatic heterocycles. The molecule has 3 rings (SSSR count). The highest BCUT2D eigenvalue weighted by atomic mass is 16.3. The van der Waals surface area contributed by atoms with Crippen molar-refractivity contribution < 1.29 is 30.6 Å². The molecule has 6 nitrogen and oxygen atoms in total. The Bertz CT molecular complexity index is 837. The van der Waals surface area contributed by atoms with Crippen LogP contribution in [0.5, 0.6) is 11.5 Å². The predicted molar refractivity (Wildman–Crippen MR) is 104 cm³/mol. The second-order valence-electron chi connectivity index (χ2n) is 7.15. The zero-order chi connectivity index (χ0) is 20.3. The van der Waals surface area contributed by atoms with Gasteiger partial charge in [-0.2, -0.15) is 0 Å². The first-order valence-electron chi connectivity index (χ1n) is 9.36. The summed E-state index contributed by atoms with van der Waals surface area (Å²) < 4.78 is 0. The Morgan fingerprint density at radius 2 is 1.18 bits per heavy atom. The maximum absolute atomic E-state index is 10.1. The van der Waals surface area contributed by atoms with Crippen molar-refractivity contribution in [3.63, 3.8) is 0 Å². The van der Waals surface area contributed by atoms with Crippen molar-refractivity contribution in [2.75, 3.05) is 0 Å². The molecule has 1 atom stereocenters. The molecule has 1 unspecified atom stereocenters. The van der Waals surface area contributed by atoms with Crippen LogP contribution in [0, 0.1) is 0 Å². The van der Waals surface area contributed by atoms with Crippen molar-refractivity contribution in [3.8, 4) is 11.5 Å². The van der Waals surface area contributed by atoms with Crippen molar-refractivity contribution in [1.29, 1.82) is 0 Å². The number of hydrogen-bond donors (Lipinski definition) is 6. The standard InChI is InChI=1S/C22H26O6/c23-9-17-5-15(6-18(10-24)21(17)27)13-2-1-3-14(4-13)16-7-19(11-25)22(28)20(8-16)12-26/h4-8,13,23-28H,1-3,9-12H2. The molecular weight excluding hydrogens is 360 g/mol. The van der Waals surface area contributed by atoms with Crippen molar-refractivity contribution in [1.82, 2.24) is 0 Å². The lowest BCUT2D eigenvalue weighted by atomic mass is 9.82. The minimum Gasteiger partial charge on any atom is -0.507 e. The van der Waals surface area contributed by atoms with Crippen LogP contribution in [0.1, 0.15) is 58.6 Å². The van der Waals surface area contributed by atoms with E-state index in [1.807, 2.05) is 0 Å². The third-order valence-corrected chi connectivity index (χ3v) is 5.40. The average molecular weight is 386 g/mol. The summed E-state index contributed by atoms with van der Waals surface area (Å²) in [5.41, 5.74) is 4.32. The number of aliphatic hydroxyl groups is 4. The minimum absolute atomic E-state index is 0.0453. The Morgan fingerprint density at radius 3 is 1.64 bits per heavy atom. The number of aromatic hydroxyl groups is 2. The van der Waals surface area contributed by atoms with Gasteiger partial charge in [-0.05, 0) is 60.2 Å². The average Bonchev–Trinajstić information content (AvgIpc) is 2.74. The van der Waals surface area contributed by atoms with Gasteiger partial charge < -0.3 is 30.6 Å². The summed E-state index contributed by atoms with van der Waals surface area (Å²) in [6.07, 6.45) is 4.74. The van der Waals surface area contributed by atoms with E-state index in [-0.39, 0.29) is 43.8 Å². The highest BCUT2D eigenvalue weighted by Crippen LogP contribution is 2.39. The second kappa shape index (κ2) is 8.75. The van der Waals surface area contributed by atoms with Crippen molar-refractivity contribution in [2.45, 2.75) is 51.6 Å². The van der Waals surface area contributed by atoms with E-state index in [2.05, 4.69) is 6.08 Å². The number of rotatable bonds is 6. The van der Waals surface area contributed by atoms with Gasteiger partial charge in [-0.3, -0.25) is 0 Å². The van der Waals surface area contributed by atoms with E-state index in [1.165, 1.54) is 0 Å². The molecule has 150 valence electrons. The molecule has 6 N–H and O–H groups in total. The van der Waals surface area contributed by atoms with Crippen molar-refractivity contribution in [3.05, 3.63) is 63.7 Å². The minimum atomic E-state index is -0.318. The molecule has 0 bridgehead atoms. The Balaban J connectivity index is 2.03. The van der Waals surface area contributed by atoms with E-state index < -0.39 is 0 Å². The zero-order valence-corrected chi connectivity index (χ0v) is 15.6. The van der Waals surface area contributed by atoms with Crippen LogP contribution >= 0.6 is 0 Å². The van der Waals surface area contributed by atoms with Gasteiger partial charge in [-0.15, -0.1) is 0 Å². The highest BCUT2D eigenvalue weighted by molar-refractivity contribution is 5.70. The third-order valence-electron chi connectivity index (χ3n) is 5.40. The molecule has 28 heavy (non-hydrogen) atoms. The third kappa shape index (κ3) is 3.91. The normalized spacial score (nSPS) is 16.9. The van der Waals surface area contributed by atoms with E-state index in [9.17, 15) is 30.6 Å². The van der Waals surface area contributed by atoms with Gasteiger partial charge in [-0.1, -0.05) is 6.08 Å². The van der Waals surface area contributed by atoms with E-state index in [4.69, 9.17) is 0 Å². The summed E-state index contributed by atoms with van der Waals surface area (Å²) >= 11 is 0. The predicted octanol–water partition coefficient (Wildman–Crippen LogP) is 2.42. The Hall–Kier alpha value is -2.38. The SMILES string of the molecule is OCc1cc(C2=CC(c3cc(CO)c(O)c(CO)c3)CCC2)cc(CO)c1O. The molecular formula is C22H26O6. The summed E-state index contributed by atoms with van der Waals surface area (Å²) in [6, 6.07) is 6.98. The molecule has 1 aliphatic carbocycles. The lowest BCUT2D eigenvalue weighted by Crippen LogP contribution is -2.06. The molecule has 2 aromatic rings. The van der Waals surface area contributed by atoms with Gasteiger partial charge in [0.25, 0.3) is 0 Å². The quantitative estimate of drug-likeness (QED) is 0.453. The lowest BCUT2D eigenvalue weighted by molar-refractivity contribution is 0.263. The monoisotopic (exact) mass is 386 g/mol. The summed E-state index contributed by atoms with van der Waals surface area (Å²) in [5.74, 6) is -0.114. The van der Waals surface area contributed by atoms with Crippen molar-refractivity contribution in [2.24, 2.45) is 0 Å². The van der Waals surface area contributed by atoms with Crippen LogP contribution in [0.4, 0.5) is 0 Å². The topological polar surface area (TPSA) is 121 Å². The first-order chi connectivity index (χ1) is 13.5. The van der Waals surface area contributed by atoms with Crippen LogP contribution in [0.2, 0.25) is 0 Å². The molecule has 6 heteroatoms. The summed E-state index contributed by atoms with van der Waals surface area (Å²) in [5, 5.41) is 58.2. The molecule has 0 fully saturated rings. The molecule has 1 aliphatic rings. The lowest BCUT2D eigenvalue weighted by Gasteiger charge is -2.24. The highest BCUT2D eigenvalue weighted by Gasteiger charge is 2.20. The van der Waals surface area contributed by atoms with E-state index in [1.54, 1.807) is 24.3 Å². The molecule has 0 heterocycles. The van der Waals surface area contributed by atoms with Crippen LogP contribution in [0.25, 0.3) is 5.57 Å². The van der Waals surface area contributed by atoms with Crippen LogP contribution in [0.15, 0.2) is 30.3 Å². The first kappa shape index (κ1) is 20.4. The van der Waals surface area contributed by atoms with Gasteiger partial charge in [0.1, 0.15) is 11.5 Å². The fourth-order valence-corrected chi connectivity index (χ4v) is 3.85.